The van der Waals surface area contributed by atoms with Gasteiger partial charge in [-0.05, 0) is 30.2 Å². The molecule has 3 aromatic rings. The first kappa shape index (κ1) is 13.9. The van der Waals surface area contributed by atoms with Crippen molar-refractivity contribution in [1.82, 2.24) is 4.98 Å². The maximum Gasteiger partial charge on any atom is 0.138 e. The average Bonchev–Trinajstić information content (AvgIpc) is 3.04. The quantitative estimate of drug-likeness (QED) is 0.723. The molecule has 2 heterocycles. The first-order chi connectivity index (χ1) is 11.3. The molecule has 0 aliphatic carbocycles. The Morgan fingerprint density at radius 2 is 1.83 bits per heavy atom. The van der Waals surface area contributed by atoms with Crippen molar-refractivity contribution in [3.8, 4) is 0 Å². The van der Waals surface area contributed by atoms with Crippen molar-refractivity contribution in [3.05, 3.63) is 77.5 Å². The highest BCUT2D eigenvalue weighted by atomic mass is 16.6. The molecule has 4 rings (SSSR count). The Balaban J connectivity index is 1.52. The molecule has 23 heavy (non-hydrogen) atoms. The standard InChI is InChI=1S/C20H18N2O/c1-14-11-16(21-19-10-6-5-9-18(14)19)12-17-13-20(22-23-17)15-7-3-2-4-8-15/h2-11,17H,12-13H2,1H3. The number of aromatic nitrogens is 1. The Kier molecular flexibility index (Phi) is 3.54. The van der Waals surface area contributed by atoms with Crippen LogP contribution in [0.2, 0.25) is 0 Å². The van der Waals surface area contributed by atoms with Gasteiger partial charge in [-0.1, -0.05) is 53.7 Å². The molecule has 1 unspecified atom stereocenters. The summed E-state index contributed by atoms with van der Waals surface area (Å²) in [4.78, 5) is 10.4. The number of hydrogen-bond acceptors (Lipinski definition) is 3. The second-order valence-electron chi connectivity index (χ2n) is 5.99. The van der Waals surface area contributed by atoms with Gasteiger partial charge in [-0.3, -0.25) is 4.98 Å². The van der Waals surface area contributed by atoms with Crippen LogP contribution in [-0.2, 0) is 11.3 Å². The van der Waals surface area contributed by atoms with Crippen molar-refractivity contribution in [2.45, 2.75) is 25.9 Å². The molecule has 1 atom stereocenters. The summed E-state index contributed by atoms with van der Waals surface area (Å²) in [6, 6.07) is 20.6. The molecule has 0 N–H and O–H groups in total. The number of oxime groups is 1. The van der Waals surface area contributed by atoms with E-state index in [1.807, 2.05) is 24.3 Å². The number of nitrogens with zero attached hydrogens (tertiary/aromatic N) is 2. The van der Waals surface area contributed by atoms with Crippen LogP contribution in [0.15, 0.2) is 65.8 Å². The molecular formula is C20H18N2O. The highest BCUT2D eigenvalue weighted by Gasteiger charge is 2.23. The lowest BCUT2D eigenvalue weighted by molar-refractivity contribution is 0.0852. The molecule has 1 aliphatic heterocycles. The first-order valence-corrected chi connectivity index (χ1v) is 7.93. The normalized spacial score (nSPS) is 17.1. The summed E-state index contributed by atoms with van der Waals surface area (Å²) < 4.78 is 0. The van der Waals surface area contributed by atoms with Gasteiger partial charge < -0.3 is 4.84 Å². The number of rotatable bonds is 3. The Labute approximate surface area is 135 Å². The minimum absolute atomic E-state index is 0.0678. The molecule has 0 spiro atoms. The van der Waals surface area contributed by atoms with Crippen molar-refractivity contribution < 1.29 is 4.84 Å². The zero-order valence-corrected chi connectivity index (χ0v) is 13.1. The van der Waals surface area contributed by atoms with Crippen LogP contribution in [0.25, 0.3) is 10.9 Å². The van der Waals surface area contributed by atoms with Crippen molar-refractivity contribution in [1.29, 1.82) is 0 Å². The number of hydrogen-bond donors (Lipinski definition) is 0. The fourth-order valence-corrected chi connectivity index (χ4v) is 3.10. The molecule has 0 saturated carbocycles. The van der Waals surface area contributed by atoms with Crippen molar-refractivity contribution in [2.75, 3.05) is 0 Å². The summed E-state index contributed by atoms with van der Waals surface area (Å²) in [5.41, 5.74) is 5.53. The highest BCUT2D eigenvalue weighted by molar-refractivity contribution is 6.01. The Morgan fingerprint density at radius 3 is 2.70 bits per heavy atom. The molecule has 114 valence electrons. The van der Waals surface area contributed by atoms with E-state index in [0.29, 0.717) is 0 Å². The molecule has 0 radical (unpaired) electrons. The van der Waals surface area contributed by atoms with E-state index in [1.54, 1.807) is 0 Å². The maximum absolute atomic E-state index is 5.62. The van der Waals surface area contributed by atoms with Gasteiger partial charge in [0.1, 0.15) is 6.10 Å². The molecule has 1 aromatic heterocycles. The van der Waals surface area contributed by atoms with Crippen LogP contribution in [0.3, 0.4) is 0 Å². The lowest BCUT2D eigenvalue weighted by atomic mass is 10.0. The molecule has 3 nitrogen and oxygen atoms in total. The van der Waals surface area contributed by atoms with Crippen molar-refractivity contribution in [3.63, 3.8) is 0 Å². The fourth-order valence-electron chi connectivity index (χ4n) is 3.10. The van der Waals surface area contributed by atoms with Gasteiger partial charge in [-0.15, -0.1) is 0 Å². The summed E-state index contributed by atoms with van der Waals surface area (Å²) in [7, 11) is 0. The van der Waals surface area contributed by atoms with Crippen LogP contribution in [0.1, 0.15) is 23.2 Å². The minimum Gasteiger partial charge on any atom is -0.391 e. The van der Waals surface area contributed by atoms with Gasteiger partial charge in [0.25, 0.3) is 0 Å². The van der Waals surface area contributed by atoms with Crippen LogP contribution in [0.4, 0.5) is 0 Å². The summed E-state index contributed by atoms with van der Waals surface area (Å²) in [6.45, 7) is 2.13. The van der Waals surface area contributed by atoms with Crippen molar-refractivity contribution in [2.24, 2.45) is 5.16 Å². The zero-order valence-electron chi connectivity index (χ0n) is 13.1. The van der Waals surface area contributed by atoms with E-state index in [1.165, 1.54) is 10.9 Å². The van der Waals surface area contributed by atoms with Crippen LogP contribution < -0.4 is 0 Å². The average molecular weight is 302 g/mol. The first-order valence-electron chi connectivity index (χ1n) is 7.93. The summed E-state index contributed by atoms with van der Waals surface area (Å²) in [5, 5.41) is 5.47. The van der Waals surface area contributed by atoms with E-state index in [9.17, 15) is 0 Å². The topological polar surface area (TPSA) is 34.5 Å². The molecule has 0 fully saturated rings. The van der Waals surface area contributed by atoms with Crippen LogP contribution in [0, 0.1) is 6.92 Å². The predicted octanol–water partition coefficient (Wildman–Crippen LogP) is 4.28. The Morgan fingerprint density at radius 1 is 1.04 bits per heavy atom. The second kappa shape index (κ2) is 5.84. The number of pyridine rings is 1. The van der Waals surface area contributed by atoms with Gasteiger partial charge in [0.15, 0.2) is 0 Å². The van der Waals surface area contributed by atoms with E-state index in [-0.39, 0.29) is 6.10 Å². The summed E-state index contributed by atoms with van der Waals surface area (Å²) in [6.07, 6.45) is 1.68. The Hall–Kier alpha value is -2.68. The number of benzene rings is 2. The Bertz CT molecular complexity index is 871. The lowest BCUT2D eigenvalue weighted by Gasteiger charge is -2.10. The third-order valence-corrected chi connectivity index (χ3v) is 4.25. The lowest BCUT2D eigenvalue weighted by Crippen LogP contribution is -2.13. The second-order valence-corrected chi connectivity index (χ2v) is 5.99. The molecule has 0 bridgehead atoms. The van der Waals surface area contributed by atoms with E-state index in [0.717, 1.165) is 35.3 Å². The van der Waals surface area contributed by atoms with Crippen LogP contribution in [0.5, 0.6) is 0 Å². The van der Waals surface area contributed by atoms with Crippen LogP contribution in [-0.4, -0.2) is 16.8 Å². The molecule has 0 amide bonds. The van der Waals surface area contributed by atoms with E-state index in [4.69, 9.17) is 9.82 Å². The van der Waals surface area contributed by atoms with E-state index in [2.05, 4.69) is 48.5 Å². The molecule has 2 aromatic carbocycles. The van der Waals surface area contributed by atoms with E-state index < -0.39 is 0 Å². The number of aryl methyl sites for hydroxylation is 1. The molecule has 0 saturated heterocycles. The van der Waals surface area contributed by atoms with Gasteiger partial charge in [-0.25, -0.2) is 0 Å². The minimum atomic E-state index is 0.0678. The van der Waals surface area contributed by atoms with Gasteiger partial charge in [0, 0.05) is 23.9 Å². The predicted molar refractivity (Wildman–Crippen MR) is 92.7 cm³/mol. The SMILES string of the molecule is Cc1cc(CC2CC(c3ccccc3)=NO2)nc2ccccc12. The fraction of sp³-hybridized carbons (Fsp3) is 0.200. The third kappa shape index (κ3) is 2.82. The monoisotopic (exact) mass is 302 g/mol. The van der Waals surface area contributed by atoms with Gasteiger partial charge in [0.2, 0.25) is 0 Å². The van der Waals surface area contributed by atoms with Crippen molar-refractivity contribution >= 4 is 16.6 Å². The maximum atomic E-state index is 5.62. The summed E-state index contributed by atoms with van der Waals surface area (Å²) in [5.74, 6) is 0. The molecule has 3 heteroatoms. The van der Waals surface area contributed by atoms with Gasteiger partial charge in [-0.2, -0.15) is 0 Å². The van der Waals surface area contributed by atoms with Crippen LogP contribution >= 0.6 is 0 Å². The number of fused-ring (bicyclic) bond motifs is 1. The van der Waals surface area contributed by atoms with E-state index >= 15 is 0 Å². The van der Waals surface area contributed by atoms with Gasteiger partial charge >= 0.3 is 0 Å². The zero-order chi connectivity index (χ0) is 15.6. The summed E-state index contributed by atoms with van der Waals surface area (Å²) >= 11 is 0. The van der Waals surface area contributed by atoms with Gasteiger partial charge in [0.05, 0.1) is 11.2 Å². The highest BCUT2D eigenvalue weighted by Crippen LogP contribution is 2.22. The third-order valence-electron chi connectivity index (χ3n) is 4.25. The smallest absolute Gasteiger partial charge is 0.138 e. The molecular weight excluding hydrogens is 284 g/mol. The largest absolute Gasteiger partial charge is 0.391 e. The molecule has 1 aliphatic rings. The number of para-hydroxylation sites is 1.